The van der Waals surface area contributed by atoms with Crippen LogP contribution in [0.25, 0.3) is 16.8 Å². The van der Waals surface area contributed by atoms with Gasteiger partial charge in [0.05, 0.1) is 4.90 Å². The molecule has 2 aromatic carbocycles. The van der Waals surface area contributed by atoms with E-state index in [0.29, 0.717) is 18.5 Å². The summed E-state index contributed by atoms with van der Waals surface area (Å²) in [5.41, 5.74) is 1.15. The molecule has 0 saturated carbocycles. The van der Waals surface area contributed by atoms with E-state index in [1.165, 1.54) is 0 Å². The zero-order valence-corrected chi connectivity index (χ0v) is 16.1. The fraction of sp³-hybridized carbons (Fsp3) is 0.190. The summed E-state index contributed by atoms with van der Waals surface area (Å²) < 4.78 is 28.0. The molecule has 0 aliphatic rings. The third-order valence-electron chi connectivity index (χ3n) is 4.24. The molecule has 0 amide bonds. The maximum absolute atomic E-state index is 12.7. The van der Waals surface area contributed by atoms with E-state index in [1.807, 2.05) is 43.4 Å². The topological polar surface area (TPSA) is 62.3 Å². The molecule has 0 radical (unpaired) electrons. The lowest BCUT2D eigenvalue weighted by molar-refractivity contribution is 0.375. The molecule has 0 unspecified atom stereocenters. The Morgan fingerprint density at radius 2 is 1.89 bits per heavy atom. The molecule has 140 valence electrons. The van der Waals surface area contributed by atoms with Crippen LogP contribution in [0.3, 0.4) is 0 Å². The second-order valence-corrected chi connectivity index (χ2v) is 8.06. The van der Waals surface area contributed by atoms with Gasteiger partial charge in [-0.15, -0.1) is 0 Å². The Bertz CT molecular complexity index is 1010. The molecular weight excluding hydrogens is 358 g/mol. The highest BCUT2D eigenvalue weighted by molar-refractivity contribution is 7.89. The molecule has 0 aliphatic carbocycles. The maximum Gasteiger partial charge on any atom is 0.241 e. The van der Waals surface area contributed by atoms with Gasteiger partial charge in [-0.1, -0.05) is 54.6 Å². The lowest BCUT2D eigenvalue weighted by atomic mass is 10.2. The van der Waals surface area contributed by atoms with E-state index < -0.39 is 10.0 Å². The number of hydrogen-bond acceptors (Lipinski definition) is 4. The SMILES string of the molecule is CN(C/C=C/c1ccccc1)CCNS(=O)(=O)c1cccc2cnccc12. The molecule has 1 heterocycles. The van der Waals surface area contributed by atoms with E-state index >= 15 is 0 Å². The van der Waals surface area contributed by atoms with E-state index in [2.05, 4.69) is 26.8 Å². The summed E-state index contributed by atoms with van der Waals surface area (Å²) in [5, 5.41) is 1.49. The second-order valence-electron chi connectivity index (χ2n) is 6.33. The number of nitrogens with one attached hydrogen (secondary N) is 1. The van der Waals surface area contributed by atoms with E-state index in [4.69, 9.17) is 0 Å². The van der Waals surface area contributed by atoms with Crippen LogP contribution in [0.5, 0.6) is 0 Å². The third-order valence-corrected chi connectivity index (χ3v) is 5.76. The van der Waals surface area contributed by atoms with Gasteiger partial charge in [-0.3, -0.25) is 4.98 Å². The van der Waals surface area contributed by atoms with Crippen molar-refractivity contribution < 1.29 is 8.42 Å². The smallest absolute Gasteiger partial charge is 0.241 e. The van der Waals surface area contributed by atoms with Crippen LogP contribution in [-0.4, -0.2) is 45.0 Å². The summed E-state index contributed by atoms with van der Waals surface area (Å²) in [6.07, 6.45) is 7.40. The summed E-state index contributed by atoms with van der Waals surface area (Å²) >= 11 is 0. The molecule has 1 N–H and O–H groups in total. The largest absolute Gasteiger partial charge is 0.301 e. The summed E-state index contributed by atoms with van der Waals surface area (Å²) in [7, 11) is -1.60. The zero-order valence-electron chi connectivity index (χ0n) is 15.2. The number of fused-ring (bicyclic) bond motifs is 1. The minimum Gasteiger partial charge on any atom is -0.301 e. The molecule has 6 heteroatoms. The van der Waals surface area contributed by atoms with E-state index in [1.54, 1.807) is 30.6 Å². The van der Waals surface area contributed by atoms with Gasteiger partial charge in [0.25, 0.3) is 0 Å². The summed E-state index contributed by atoms with van der Waals surface area (Å²) in [6.45, 7) is 1.71. The van der Waals surface area contributed by atoms with Crippen molar-refractivity contribution in [2.24, 2.45) is 0 Å². The molecule has 0 atom stereocenters. The monoisotopic (exact) mass is 381 g/mol. The molecule has 1 aromatic heterocycles. The van der Waals surface area contributed by atoms with E-state index in [-0.39, 0.29) is 4.90 Å². The zero-order chi connectivity index (χ0) is 19.1. The average molecular weight is 382 g/mol. The quantitative estimate of drug-likeness (QED) is 0.651. The summed E-state index contributed by atoms with van der Waals surface area (Å²) in [6, 6.07) is 17.0. The fourth-order valence-corrected chi connectivity index (χ4v) is 4.05. The minimum absolute atomic E-state index is 0.286. The van der Waals surface area contributed by atoms with Gasteiger partial charge < -0.3 is 4.90 Å². The normalized spacial score (nSPS) is 12.2. The Balaban J connectivity index is 1.55. The van der Waals surface area contributed by atoms with Crippen LogP contribution in [0.15, 0.2) is 78.0 Å². The van der Waals surface area contributed by atoms with Crippen molar-refractivity contribution in [3.05, 3.63) is 78.6 Å². The number of nitrogens with zero attached hydrogens (tertiary/aromatic N) is 2. The molecule has 3 rings (SSSR count). The number of rotatable bonds is 8. The van der Waals surface area contributed by atoms with E-state index in [9.17, 15) is 8.42 Å². The van der Waals surface area contributed by atoms with Crippen LogP contribution in [0.2, 0.25) is 0 Å². The fourth-order valence-electron chi connectivity index (χ4n) is 2.80. The van der Waals surface area contributed by atoms with Crippen LogP contribution in [-0.2, 0) is 10.0 Å². The molecule has 27 heavy (non-hydrogen) atoms. The van der Waals surface area contributed by atoms with Gasteiger partial charge in [-0.05, 0) is 24.7 Å². The van der Waals surface area contributed by atoms with Gasteiger partial charge in [0.2, 0.25) is 10.0 Å². The van der Waals surface area contributed by atoms with Crippen LogP contribution in [0.1, 0.15) is 5.56 Å². The Labute approximate surface area is 160 Å². The summed E-state index contributed by atoms with van der Waals surface area (Å²) in [5.74, 6) is 0. The van der Waals surface area contributed by atoms with Gasteiger partial charge in [-0.2, -0.15) is 0 Å². The molecule has 0 saturated heterocycles. The van der Waals surface area contributed by atoms with Crippen LogP contribution < -0.4 is 4.72 Å². The number of hydrogen-bond donors (Lipinski definition) is 1. The molecule has 5 nitrogen and oxygen atoms in total. The highest BCUT2D eigenvalue weighted by atomic mass is 32.2. The van der Waals surface area contributed by atoms with Gasteiger partial charge in [0.1, 0.15) is 0 Å². The van der Waals surface area contributed by atoms with Crippen molar-refractivity contribution in [1.29, 1.82) is 0 Å². The Kier molecular flexibility index (Phi) is 6.34. The van der Waals surface area contributed by atoms with Crippen molar-refractivity contribution >= 4 is 26.9 Å². The maximum atomic E-state index is 12.7. The first kappa shape index (κ1) is 19.2. The molecule has 0 fully saturated rings. The van der Waals surface area contributed by atoms with Gasteiger partial charge in [-0.25, -0.2) is 13.1 Å². The minimum atomic E-state index is -3.57. The van der Waals surface area contributed by atoms with Crippen molar-refractivity contribution in [2.45, 2.75) is 4.90 Å². The van der Waals surface area contributed by atoms with Crippen LogP contribution >= 0.6 is 0 Å². The Hall–Kier alpha value is -2.54. The van der Waals surface area contributed by atoms with Crippen molar-refractivity contribution in [2.75, 3.05) is 26.7 Å². The van der Waals surface area contributed by atoms with Gasteiger partial charge >= 0.3 is 0 Å². The second kappa shape index (κ2) is 8.90. The standard InChI is InChI=1S/C21H23N3O2S/c1-24(15-6-9-18-7-3-2-4-8-18)16-14-23-27(25,26)21-11-5-10-19-17-22-13-12-20(19)21/h2-13,17,23H,14-16H2,1H3/b9-6+. The number of likely N-dealkylation sites (N-methyl/N-ethyl adjacent to an activating group) is 1. The molecule has 0 bridgehead atoms. The van der Waals surface area contributed by atoms with Gasteiger partial charge in [0, 0.05) is 42.8 Å². The number of benzene rings is 2. The molecule has 0 spiro atoms. The molecular formula is C21H23N3O2S. The molecule has 0 aliphatic heterocycles. The summed E-state index contributed by atoms with van der Waals surface area (Å²) in [4.78, 5) is 6.39. The Morgan fingerprint density at radius 3 is 2.70 bits per heavy atom. The number of aromatic nitrogens is 1. The average Bonchev–Trinajstić information content (AvgIpc) is 2.68. The lowest BCUT2D eigenvalue weighted by Gasteiger charge is -2.15. The lowest BCUT2D eigenvalue weighted by Crippen LogP contribution is -2.33. The van der Waals surface area contributed by atoms with E-state index in [0.717, 1.165) is 17.5 Å². The third kappa shape index (κ3) is 5.23. The van der Waals surface area contributed by atoms with Crippen molar-refractivity contribution in [3.8, 4) is 0 Å². The van der Waals surface area contributed by atoms with Crippen LogP contribution in [0.4, 0.5) is 0 Å². The first-order valence-corrected chi connectivity index (χ1v) is 10.3. The predicted molar refractivity (Wildman–Crippen MR) is 110 cm³/mol. The predicted octanol–water partition coefficient (Wildman–Crippen LogP) is 3.16. The van der Waals surface area contributed by atoms with Crippen molar-refractivity contribution in [3.63, 3.8) is 0 Å². The number of pyridine rings is 1. The molecule has 3 aromatic rings. The first-order valence-electron chi connectivity index (χ1n) is 8.79. The van der Waals surface area contributed by atoms with Gasteiger partial charge in [0.15, 0.2) is 0 Å². The number of sulfonamides is 1. The van der Waals surface area contributed by atoms with Crippen LogP contribution in [0, 0.1) is 0 Å². The Morgan fingerprint density at radius 1 is 1.07 bits per heavy atom. The highest BCUT2D eigenvalue weighted by Crippen LogP contribution is 2.21. The van der Waals surface area contributed by atoms with Crippen molar-refractivity contribution in [1.82, 2.24) is 14.6 Å². The highest BCUT2D eigenvalue weighted by Gasteiger charge is 2.16. The first-order chi connectivity index (χ1) is 13.1.